The van der Waals surface area contributed by atoms with Gasteiger partial charge >= 0.3 is 0 Å². The smallest absolute Gasteiger partial charge is 0.119 e. The standard InChI is InChI=1S/C18H21BrO/c1-4-13-20-17-11-7-15(8-12-17)18(2,3)14-5-9-16(19)10-6-14/h5-12H,4,13H2,1-3H3. The lowest BCUT2D eigenvalue weighted by Gasteiger charge is -2.26. The zero-order valence-electron chi connectivity index (χ0n) is 12.3. The summed E-state index contributed by atoms with van der Waals surface area (Å²) in [5, 5.41) is 0. The number of hydrogen-bond donors (Lipinski definition) is 0. The fourth-order valence-electron chi connectivity index (χ4n) is 2.22. The second-order valence-electron chi connectivity index (χ2n) is 5.50. The molecule has 106 valence electrons. The third kappa shape index (κ3) is 3.43. The molecule has 2 aromatic carbocycles. The van der Waals surface area contributed by atoms with Crippen LogP contribution in [0.5, 0.6) is 5.75 Å². The predicted octanol–water partition coefficient (Wildman–Crippen LogP) is 5.56. The quantitative estimate of drug-likeness (QED) is 0.696. The number of halogens is 1. The van der Waals surface area contributed by atoms with E-state index in [1.54, 1.807) is 0 Å². The van der Waals surface area contributed by atoms with Crippen LogP contribution in [0.25, 0.3) is 0 Å². The maximum absolute atomic E-state index is 5.64. The fourth-order valence-corrected chi connectivity index (χ4v) is 2.49. The summed E-state index contributed by atoms with van der Waals surface area (Å²) >= 11 is 3.49. The van der Waals surface area contributed by atoms with E-state index >= 15 is 0 Å². The summed E-state index contributed by atoms with van der Waals surface area (Å²) < 4.78 is 6.75. The lowest BCUT2D eigenvalue weighted by Crippen LogP contribution is -2.18. The van der Waals surface area contributed by atoms with Crippen LogP contribution in [0.1, 0.15) is 38.3 Å². The van der Waals surface area contributed by atoms with E-state index in [9.17, 15) is 0 Å². The van der Waals surface area contributed by atoms with E-state index in [4.69, 9.17) is 4.74 Å². The molecule has 2 heteroatoms. The first-order valence-corrected chi connectivity index (χ1v) is 7.82. The van der Waals surface area contributed by atoms with Crippen LogP contribution in [0, 0.1) is 0 Å². The van der Waals surface area contributed by atoms with E-state index in [0.717, 1.165) is 23.2 Å². The summed E-state index contributed by atoms with van der Waals surface area (Å²) in [4.78, 5) is 0. The molecule has 0 unspecified atom stereocenters. The molecule has 0 aliphatic carbocycles. The summed E-state index contributed by atoms with van der Waals surface area (Å²) in [6, 6.07) is 17.0. The van der Waals surface area contributed by atoms with Gasteiger partial charge in [-0.3, -0.25) is 0 Å². The van der Waals surface area contributed by atoms with Crippen molar-refractivity contribution in [2.75, 3.05) is 6.61 Å². The van der Waals surface area contributed by atoms with E-state index in [0.29, 0.717) is 0 Å². The molecule has 2 aromatic rings. The van der Waals surface area contributed by atoms with Crippen molar-refractivity contribution in [1.82, 2.24) is 0 Å². The SMILES string of the molecule is CCCOc1ccc(C(C)(C)c2ccc(Br)cc2)cc1. The first-order chi connectivity index (χ1) is 9.54. The Morgan fingerprint density at radius 1 is 0.900 bits per heavy atom. The molecule has 0 heterocycles. The highest BCUT2D eigenvalue weighted by molar-refractivity contribution is 9.10. The molecule has 0 saturated heterocycles. The molecular formula is C18H21BrO. The topological polar surface area (TPSA) is 9.23 Å². The van der Waals surface area contributed by atoms with Crippen LogP contribution in [0.2, 0.25) is 0 Å². The Morgan fingerprint density at radius 3 is 1.90 bits per heavy atom. The van der Waals surface area contributed by atoms with Crippen LogP contribution in [-0.2, 0) is 5.41 Å². The Morgan fingerprint density at radius 2 is 1.40 bits per heavy atom. The van der Waals surface area contributed by atoms with Gasteiger partial charge in [-0.1, -0.05) is 61.0 Å². The molecule has 0 aliphatic rings. The van der Waals surface area contributed by atoms with Gasteiger partial charge < -0.3 is 4.74 Å². The lowest BCUT2D eigenvalue weighted by atomic mass is 9.78. The number of benzene rings is 2. The highest BCUT2D eigenvalue weighted by Crippen LogP contribution is 2.33. The predicted molar refractivity (Wildman–Crippen MR) is 88.5 cm³/mol. The van der Waals surface area contributed by atoms with Crippen molar-refractivity contribution in [3.63, 3.8) is 0 Å². The minimum atomic E-state index is -0.00993. The molecule has 0 aromatic heterocycles. The molecule has 0 fully saturated rings. The van der Waals surface area contributed by atoms with Crippen molar-refractivity contribution in [2.24, 2.45) is 0 Å². The van der Waals surface area contributed by atoms with Gasteiger partial charge in [-0.25, -0.2) is 0 Å². The minimum absolute atomic E-state index is 0.00993. The van der Waals surface area contributed by atoms with Crippen LogP contribution in [0.15, 0.2) is 53.0 Å². The van der Waals surface area contributed by atoms with Gasteiger partial charge in [0.05, 0.1) is 6.61 Å². The van der Waals surface area contributed by atoms with Gasteiger partial charge in [0.15, 0.2) is 0 Å². The third-order valence-corrected chi connectivity index (χ3v) is 4.14. The molecule has 0 bridgehead atoms. The van der Waals surface area contributed by atoms with Crippen molar-refractivity contribution >= 4 is 15.9 Å². The normalized spacial score (nSPS) is 11.4. The number of ether oxygens (including phenoxy) is 1. The maximum atomic E-state index is 5.64. The average molecular weight is 333 g/mol. The Balaban J connectivity index is 2.22. The first kappa shape index (κ1) is 15.1. The zero-order valence-corrected chi connectivity index (χ0v) is 13.9. The fraction of sp³-hybridized carbons (Fsp3) is 0.333. The van der Waals surface area contributed by atoms with Crippen LogP contribution >= 0.6 is 15.9 Å². The van der Waals surface area contributed by atoms with Gasteiger partial charge in [0.25, 0.3) is 0 Å². The van der Waals surface area contributed by atoms with Gasteiger partial charge in [-0.15, -0.1) is 0 Å². The summed E-state index contributed by atoms with van der Waals surface area (Å²) in [7, 11) is 0. The van der Waals surface area contributed by atoms with Crippen LogP contribution < -0.4 is 4.74 Å². The molecule has 0 atom stereocenters. The summed E-state index contributed by atoms with van der Waals surface area (Å²) in [5.74, 6) is 0.946. The molecule has 0 aliphatic heterocycles. The Kier molecular flexibility index (Phi) is 4.87. The molecular weight excluding hydrogens is 312 g/mol. The molecule has 1 nitrogen and oxygen atoms in total. The molecule has 20 heavy (non-hydrogen) atoms. The van der Waals surface area contributed by atoms with E-state index in [1.165, 1.54) is 11.1 Å². The van der Waals surface area contributed by atoms with Gasteiger partial charge in [0.1, 0.15) is 5.75 Å². The molecule has 0 amide bonds. The number of rotatable bonds is 5. The average Bonchev–Trinajstić information content (AvgIpc) is 2.46. The van der Waals surface area contributed by atoms with Gasteiger partial charge in [0, 0.05) is 9.89 Å². The minimum Gasteiger partial charge on any atom is -0.494 e. The van der Waals surface area contributed by atoms with E-state index in [1.807, 2.05) is 0 Å². The Bertz CT molecular complexity index is 541. The second-order valence-corrected chi connectivity index (χ2v) is 6.42. The van der Waals surface area contributed by atoms with Gasteiger partial charge in [-0.05, 0) is 41.8 Å². The summed E-state index contributed by atoms with van der Waals surface area (Å²) in [5.41, 5.74) is 2.59. The van der Waals surface area contributed by atoms with E-state index < -0.39 is 0 Å². The van der Waals surface area contributed by atoms with E-state index in [2.05, 4.69) is 85.2 Å². The van der Waals surface area contributed by atoms with Crippen molar-refractivity contribution in [3.05, 3.63) is 64.1 Å². The molecule has 0 N–H and O–H groups in total. The maximum Gasteiger partial charge on any atom is 0.119 e. The van der Waals surface area contributed by atoms with Crippen LogP contribution in [-0.4, -0.2) is 6.61 Å². The lowest BCUT2D eigenvalue weighted by molar-refractivity contribution is 0.317. The van der Waals surface area contributed by atoms with Gasteiger partial charge in [0.2, 0.25) is 0 Å². The third-order valence-electron chi connectivity index (χ3n) is 3.61. The van der Waals surface area contributed by atoms with Crippen molar-refractivity contribution in [2.45, 2.75) is 32.6 Å². The summed E-state index contributed by atoms with van der Waals surface area (Å²) in [6.07, 6.45) is 1.03. The van der Waals surface area contributed by atoms with Crippen molar-refractivity contribution in [3.8, 4) is 5.75 Å². The summed E-state index contributed by atoms with van der Waals surface area (Å²) in [6.45, 7) is 7.39. The van der Waals surface area contributed by atoms with Crippen LogP contribution in [0.4, 0.5) is 0 Å². The second kappa shape index (κ2) is 6.45. The highest BCUT2D eigenvalue weighted by Gasteiger charge is 2.22. The van der Waals surface area contributed by atoms with Crippen molar-refractivity contribution < 1.29 is 4.74 Å². The first-order valence-electron chi connectivity index (χ1n) is 7.03. The number of hydrogen-bond acceptors (Lipinski definition) is 1. The van der Waals surface area contributed by atoms with Crippen LogP contribution in [0.3, 0.4) is 0 Å². The zero-order chi connectivity index (χ0) is 14.6. The van der Waals surface area contributed by atoms with E-state index in [-0.39, 0.29) is 5.41 Å². The largest absolute Gasteiger partial charge is 0.494 e. The molecule has 0 saturated carbocycles. The van der Waals surface area contributed by atoms with Crippen molar-refractivity contribution in [1.29, 1.82) is 0 Å². The van der Waals surface area contributed by atoms with Gasteiger partial charge in [-0.2, -0.15) is 0 Å². The molecule has 0 radical (unpaired) electrons. The highest BCUT2D eigenvalue weighted by atomic mass is 79.9. The molecule has 0 spiro atoms. The monoisotopic (exact) mass is 332 g/mol. The molecule has 2 rings (SSSR count). The Labute approximate surface area is 130 Å². The Hall–Kier alpha value is -1.28.